The fourth-order valence-corrected chi connectivity index (χ4v) is 3.59. The molecule has 0 aliphatic carbocycles. The molecule has 1 aliphatic rings. The van der Waals surface area contributed by atoms with Crippen molar-refractivity contribution in [1.29, 1.82) is 0 Å². The van der Waals surface area contributed by atoms with Gasteiger partial charge in [0.2, 0.25) is 0 Å². The van der Waals surface area contributed by atoms with E-state index in [0.717, 1.165) is 32.1 Å². The highest BCUT2D eigenvalue weighted by Crippen LogP contribution is 2.43. The van der Waals surface area contributed by atoms with Gasteiger partial charge in [-0.1, -0.05) is 38.7 Å². The molecule has 2 aromatic rings. The highest BCUT2D eigenvalue weighted by molar-refractivity contribution is 5.73. The summed E-state index contributed by atoms with van der Waals surface area (Å²) in [5.74, 6) is -0.634. The minimum atomic E-state index is -0.975. The number of aromatic hydroxyl groups is 3. The predicted octanol–water partition coefficient (Wildman–Crippen LogP) is 4.11. The Bertz CT molecular complexity index is 893. The lowest BCUT2D eigenvalue weighted by Gasteiger charge is -2.32. The van der Waals surface area contributed by atoms with Crippen molar-refractivity contribution in [3.8, 4) is 28.7 Å². The van der Waals surface area contributed by atoms with Crippen molar-refractivity contribution in [2.24, 2.45) is 0 Å². The number of fused-ring (bicyclic) bond motifs is 1. The number of hydrogen-bond donors (Lipinski definition) is 4. The lowest BCUT2D eigenvalue weighted by atomic mass is 9.94. The number of benzene rings is 2. The van der Waals surface area contributed by atoms with Crippen molar-refractivity contribution < 1.29 is 34.7 Å². The molecule has 0 fully saturated rings. The number of phenols is 3. The van der Waals surface area contributed by atoms with Crippen molar-refractivity contribution in [3.05, 3.63) is 41.5 Å². The first-order valence-corrected chi connectivity index (χ1v) is 10.3. The summed E-state index contributed by atoms with van der Waals surface area (Å²) >= 11 is 0. The van der Waals surface area contributed by atoms with Gasteiger partial charge in [-0.25, -0.2) is 0 Å². The van der Waals surface area contributed by atoms with Gasteiger partial charge in [0.15, 0.2) is 11.5 Å². The maximum atomic E-state index is 12.2. The first kappa shape index (κ1) is 21.8. The van der Waals surface area contributed by atoms with E-state index in [1.165, 1.54) is 30.3 Å². The van der Waals surface area contributed by atoms with Crippen LogP contribution in [-0.2, 0) is 11.2 Å². The molecule has 0 aromatic heterocycles. The van der Waals surface area contributed by atoms with E-state index >= 15 is 0 Å². The molecular weight excluding hydrogens is 388 g/mol. The van der Waals surface area contributed by atoms with Gasteiger partial charge in [-0.2, -0.15) is 0 Å². The lowest BCUT2D eigenvalue weighted by molar-refractivity contribution is -0.134. The third-order valence-electron chi connectivity index (χ3n) is 5.21. The summed E-state index contributed by atoms with van der Waals surface area (Å²) < 4.78 is 11.3. The Hall–Kier alpha value is -2.93. The van der Waals surface area contributed by atoms with Crippen LogP contribution < -0.4 is 9.47 Å². The van der Waals surface area contributed by atoms with E-state index in [9.17, 15) is 25.2 Å². The van der Waals surface area contributed by atoms with E-state index in [1.807, 2.05) is 0 Å². The third kappa shape index (κ3) is 5.16. The quantitative estimate of drug-likeness (QED) is 0.221. The molecule has 2 atom stereocenters. The Balaban J connectivity index is 1.73. The Morgan fingerprint density at radius 2 is 1.83 bits per heavy atom. The van der Waals surface area contributed by atoms with Crippen LogP contribution in [0.15, 0.2) is 30.3 Å². The number of ether oxygens (including phenoxy) is 2. The number of carbonyl (C=O) groups excluding carboxylic acids is 1. The predicted molar refractivity (Wildman–Crippen MR) is 110 cm³/mol. The van der Waals surface area contributed by atoms with Crippen LogP contribution in [-0.4, -0.2) is 32.5 Å². The van der Waals surface area contributed by atoms with Crippen LogP contribution in [0.3, 0.4) is 0 Å². The Morgan fingerprint density at radius 3 is 2.57 bits per heavy atom. The maximum absolute atomic E-state index is 12.2. The van der Waals surface area contributed by atoms with Crippen molar-refractivity contribution >= 4 is 5.97 Å². The number of hydrogen-bond acceptors (Lipinski definition) is 7. The average Bonchev–Trinajstić information content (AvgIpc) is 2.70. The number of esters is 1. The fraction of sp³-hybridized carbons (Fsp3) is 0.435. The topological polar surface area (TPSA) is 116 Å². The number of phenolic OH excluding ortho intramolecular Hbond substituents is 3. The van der Waals surface area contributed by atoms with Crippen LogP contribution in [0.5, 0.6) is 28.7 Å². The summed E-state index contributed by atoms with van der Waals surface area (Å²) in [6.07, 6.45) is 3.70. The van der Waals surface area contributed by atoms with Crippen LogP contribution in [0, 0.1) is 0 Å². The molecule has 3 rings (SSSR count). The standard InChI is InChI=1S/C23H28O7/c1-2-3-4-5-6-7-22(28)29-20-11-15(24)12-21-16(20)13-19(27)23(30-21)14-8-9-17(25)18(26)10-14/h8-12,19,23-27H,2-7,13H2,1H3/t19-,23-/m0/s1. The van der Waals surface area contributed by atoms with Crippen LogP contribution in [0.1, 0.15) is 62.7 Å². The minimum Gasteiger partial charge on any atom is -0.508 e. The van der Waals surface area contributed by atoms with Crippen LogP contribution >= 0.6 is 0 Å². The zero-order valence-corrected chi connectivity index (χ0v) is 17.0. The number of carbonyl (C=O) groups is 1. The minimum absolute atomic E-state index is 0.122. The highest BCUT2D eigenvalue weighted by atomic mass is 16.5. The van der Waals surface area contributed by atoms with Crippen LogP contribution in [0.2, 0.25) is 0 Å². The highest BCUT2D eigenvalue weighted by Gasteiger charge is 2.33. The second-order valence-electron chi connectivity index (χ2n) is 7.62. The first-order chi connectivity index (χ1) is 14.4. The van der Waals surface area contributed by atoms with E-state index in [2.05, 4.69) is 6.92 Å². The molecule has 0 bridgehead atoms. The third-order valence-corrected chi connectivity index (χ3v) is 5.21. The summed E-state index contributed by atoms with van der Waals surface area (Å²) in [6, 6.07) is 6.91. The van der Waals surface area contributed by atoms with Gasteiger partial charge in [0, 0.05) is 30.5 Å². The van der Waals surface area contributed by atoms with Gasteiger partial charge in [0.1, 0.15) is 23.4 Å². The van der Waals surface area contributed by atoms with Crippen molar-refractivity contribution in [2.45, 2.75) is 64.1 Å². The lowest BCUT2D eigenvalue weighted by Crippen LogP contribution is -2.30. The van der Waals surface area contributed by atoms with E-state index in [4.69, 9.17) is 9.47 Å². The SMILES string of the molecule is CCCCCCCC(=O)Oc1cc(O)cc2c1C[C@H](O)[C@H](c1ccc(O)c(O)c1)O2. The summed E-state index contributed by atoms with van der Waals surface area (Å²) in [6.45, 7) is 2.13. The second-order valence-corrected chi connectivity index (χ2v) is 7.62. The largest absolute Gasteiger partial charge is 0.508 e. The number of rotatable bonds is 8. The Morgan fingerprint density at radius 1 is 1.07 bits per heavy atom. The summed E-state index contributed by atoms with van der Waals surface area (Å²) in [4.78, 5) is 12.2. The van der Waals surface area contributed by atoms with Crippen molar-refractivity contribution in [2.75, 3.05) is 0 Å². The van der Waals surface area contributed by atoms with E-state index in [-0.39, 0.29) is 41.8 Å². The Labute approximate surface area is 175 Å². The van der Waals surface area contributed by atoms with Gasteiger partial charge in [-0.05, 0) is 24.1 Å². The molecule has 7 heteroatoms. The first-order valence-electron chi connectivity index (χ1n) is 10.3. The normalized spacial score (nSPS) is 17.8. The molecule has 2 aromatic carbocycles. The van der Waals surface area contributed by atoms with E-state index in [0.29, 0.717) is 16.9 Å². The van der Waals surface area contributed by atoms with E-state index < -0.39 is 12.2 Å². The number of unbranched alkanes of at least 4 members (excludes halogenated alkanes) is 4. The second kappa shape index (κ2) is 9.71. The smallest absolute Gasteiger partial charge is 0.311 e. The molecule has 0 saturated heterocycles. The van der Waals surface area contributed by atoms with E-state index in [1.54, 1.807) is 0 Å². The van der Waals surface area contributed by atoms with Crippen LogP contribution in [0.4, 0.5) is 0 Å². The van der Waals surface area contributed by atoms with Gasteiger partial charge in [0.05, 0.1) is 6.10 Å². The molecule has 162 valence electrons. The molecule has 0 unspecified atom stereocenters. The molecule has 7 nitrogen and oxygen atoms in total. The summed E-state index contributed by atoms with van der Waals surface area (Å²) in [7, 11) is 0. The number of aliphatic hydroxyl groups is 1. The van der Waals surface area contributed by atoms with Gasteiger partial charge in [0.25, 0.3) is 0 Å². The molecule has 0 amide bonds. The van der Waals surface area contributed by atoms with Gasteiger partial charge >= 0.3 is 5.97 Å². The molecule has 0 saturated carbocycles. The van der Waals surface area contributed by atoms with Crippen LogP contribution in [0.25, 0.3) is 0 Å². The monoisotopic (exact) mass is 416 g/mol. The van der Waals surface area contributed by atoms with Gasteiger partial charge in [-0.3, -0.25) is 4.79 Å². The van der Waals surface area contributed by atoms with Crippen molar-refractivity contribution in [1.82, 2.24) is 0 Å². The molecule has 1 heterocycles. The molecular formula is C23H28O7. The molecule has 0 spiro atoms. The summed E-state index contributed by atoms with van der Waals surface area (Å²) in [5.41, 5.74) is 0.969. The fourth-order valence-electron chi connectivity index (χ4n) is 3.59. The Kier molecular flexibility index (Phi) is 7.05. The van der Waals surface area contributed by atoms with Gasteiger partial charge < -0.3 is 29.9 Å². The molecule has 30 heavy (non-hydrogen) atoms. The maximum Gasteiger partial charge on any atom is 0.311 e. The molecule has 0 radical (unpaired) electrons. The van der Waals surface area contributed by atoms with Crippen molar-refractivity contribution in [3.63, 3.8) is 0 Å². The average molecular weight is 416 g/mol. The summed E-state index contributed by atoms with van der Waals surface area (Å²) in [5, 5.41) is 39.9. The zero-order valence-electron chi connectivity index (χ0n) is 17.0. The number of aliphatic hydroxyl groups excluding tert-OH is 1. The molecule has 1 aliphatic heterocycles. The zero-order chi connectivity index (χ0) is 21.7. The molecule has 4 N–H and O–H groups in total. The van der Waals surface area contributed by atoms with Gasteiger partial charge in [-0.15, -0.1) is 0 Å².